The summed E-state index contributed by atoms with van der Waals surface area (Å²) in [6, 6.07) is 7.26. The zero-order chi connectivity index (χ0) is 13.8. The van der Waals surface area contributed by atoms with Gasteiger partial charge in [0.25, 0.3) is 0 Å². The smallest absolute Gasteiger partial charge is 0.176 e. The maximum Gasteiger partial charge on any atom is 0.176 e. The fraction of sp³-hybridized carbons (Fsp3) is 0.533. The van der Waals surface area contributed by atoms with Crippen LogP contribution in [0.4, 0.5) is 0 Å². The largest absolute Gasteiger partial charge is 0.497 e. The molecule has 0 atom stereocenters. The summed E-state index contributed by atoms with van der Waals surface area (Å²) in [5.74, 6) is 0.916. The first-order valence-electron chi connectivity index (χ1n) is 6.17. The third kappa shape index (κ3) is 4.88. The summed E-state index contributed by atoms with van der Waals surface area (Å²) in [6.45, 7) is 7.85. The zero-order valence-corrected chi connectivity index (χ0v) is 12.0. The van der Waals surface area contributed by atoms with Crippen molar-refractivity contribution in [2.24, 2.45) is 5.41 Å². The van der Waals surface area contributed by atoms with Gasteiger partial charge in [0, 0.05) is 12.1 Å². The average molecular weight is 249 g/mol. The number of Topliss-reactive ketones (excluding diaryl/α,β-unsaturated/α-hetero) is 1. The molecule has 0 amide bonds. The van der Waals surface area contributed by atoms with Gasteiger partial charge < -0.3 is 4.74 Å². The van der Waals surface area contributed by atoms with Crippen LogP contribution in [0, 0.1) is 5.41 Å². The van der Waals surface area contributed by atoms with E-state index in [1.807, 2.05) is 31.3 Å². The lowest BCUT2D eigenvalue weighted by molar-refractivity contribution is 0.0927. The number of likely N-dealkylation sites (N-methyl/N-ethyl adjacent to an activating group) is 1. The lowest BCUT2D eigenvalue weighted by Gasteiger charge is -2.25. The maximum atomic E-state index is 12.1. The lowest BCUT2D eigenvalue weighted by Crippen LogP contribution is -2.33. The second-order valence-corrected chi connectivity index (χ2v) is 5.88. The van der Waals surface area contributed by atoms with E-state index < -0.39 is 0 Å². The van der Waals surface area contributed by atoms with Crippen LogP contribution in [-0.4, -0.2) is 37.9 Å². The SMILES string of the molecule is COc1ccc(C(=O)CN(C)CC(C)(C)C)cc1. The molecule has 0 N–H and O–H groups in total. The van der Waals surface area contributed by atoms with Crippen molar-refractivity contribution in [3.05, 3.63) is 29.8 Å². The Kier molecular flexibility index (Phi) is 4.91. The monoisotopic (exact) mass is 249 g/mol. The van der Waals surface area contributed by atoms with Crippen LogP contribution in [0.15, 0.2) is 24.3 Å². The molecule has 0 fully saturated rings. The molecule has 1 aromatic carbocycles. The Morgan fingerprint density at radius 3 is 2.22 bits per heavy atom. The molecule has 0 spiro atoms. The van der Waals surface area contributed by atoms with Crippen molar-refractivity contribution in [3.8, 4) is 5.75 Å². The minimum absolute atomic E-state index is 0.143. The molecule has 18 heavy (non-hydrogen) atoms. The lowest BCUT2D eigenvalue weighted by atomic mass is 9.96. The van der Waals surface area contributed by atoms with Crippen molar-refractivity contribution < 1.29 is 9.53 Å². The van der Waals surface area contributed by atoms with E-state index in [1.54, 1.807) is 7.11 Å². The molecule has 0 unspecified atom stereocenters. The Bertz CT molecular complexity index is 390. The number of hydrogen-bond donors (Lipinski definition) is 0. The van der Waals surface area contributed by atoms with E-state index in [9.17, 15) is 4.79 Å². The molecular weight excluding hydrogens is 226 g/mol. The van der Waals surface area contributed by atoms with Gasteiger partial charge in [0.1, 0.15) is 5.75 Å². The van der Waals surface area contributed by atoms with Crippen LogP contribution in [0.25, 0.3) is 0 Å². The Hall–Kier alpha value is -1.35. The molecule has 0 aliphatic heterocycles. The highest BCUT2D eigenvalue weighted by Gasteiger charge is 2.16. The summed E-state index contributed by atoms with van der Waals surface area (Å²) in [6.07, 6.45) is 0. The van der Waals surface area contributed by atoms with Crippen LogP contribution in [0.1, 0.15) is 31.1 Å². The molecular formula is C15H23NO2. The van der Waals surface area contributed by atoms with E-state index in [0.717, 1.165) is 17.9 Å². The van der Waals surface area contributed by atoms with E-state index in [2.05, 4.69) is 25.7 Å². The van der Waals surface area contributed by atoms with E-state index >= 15 is 0 Å². The molecule has 0 saturated heterocycles. The van der Waals surface area contributed by atoms with E-state index in [4.69, 9.17) is 4.74 Å². The van der Waals surface area contributed by atoms with E-state index in [-0.39, 0.29) is 11.2 Å². The Labute approximate surface area is 110 Å². The number of benzene rings is 1. The number of rotatable bonds is 5. The average Bonchev–Trinajstić information content (AvgIpc) is 2.26. The van der Waals surface area contributed by atoms with Gasteiger partial charge in [-0.25, -0.2) is 0 Å². The van der Waals surface area contributed by atoms with Crippen molar-refractivity contribution >= 4 is 5.78 Å². The van der Waals surface area contributed by atoms with Gasteiger partial charge in [-0.3, -0.25) is 9.69 Å². The molecule has 0 heterocycles. The van der Waals surface area contributed by atoms with Crippen LogP contribution in [0.3, 0.4) is 0 Å². The summed E-state index contributed by atoms with van der Waals surface area (Å²) in [7, 11) is 3.60. The van der Waals surface area contributed by atoms with E-state index in [0.29, 0.717) is 6.54 Å². The normalized spacial score (nSPS) is 11.7. The summed E-state index contributed by atoms with van der Waals surface area (Å²) < 4.78 is 5.07. The second kappa shape index (κ2) is 6.01. The molecule has 0 aromatic heterocycles. The fourth-order valence-corrected chi connectivity index (χ4v) is 1.98. The molecule has 1 rings (SSSR count). The second-order valence-electron chi connectivity index (χ2n) is 5.88. The van der Waals surface area contributed by atoms with Crippen molar-refractivity contribution in [2.45, 2.75) is 20.8 Å². The summed E-state index contributed by atoms with van der Waals surface area (Å²) in [5.41, 5.74) is 0.936. The van der Waals surface area contributed by atoms with Gasteiger partial charge in [-0.05, 0) is 36.7 Å². The third-order valence-electron chi connectivity index (χ3n) is 2.57. The van der Waals surface area contributed by atoms with Gasteiger partial charge in [-0.1, -0.05) is 20.8 Å². The summed E-state index contributed by atoms with van der Waals surface area (Å²) in [5, 5.41) is 0. The molecule has 0 saturated carbocycles. The van der Waals surface area contributed by atoms with Gasteiger partial charge in [0.05, 0.1) is 13.7 Å². The molecule has 0 aliphatic carbocycles. The first-order chi connectivity index (χ1) is 8.31. The standard InChI is InChI=1S/C15H23NO2/c1-15(2,3)11-16(4)10-14(17)12-6-8-13(18-5)9-7-12/h6-9H,10-11H2,1-5H3. The van der Waals surface area contributed by atoms with E-state index in [1.165, 1.54) is 0 Å². The highest BCUT2D eigenvalue weighted by molar-refractivity contribution is 5.97. The number of nitrogens with zero attached hydrogens (tertiary/aromatic N) is 1. The zero-order valence-electron chi connectivity index (χ0n) is 12.0. The fourth-order valence-electron chi connectivity index (χ4n) is 1.98. The first kappa shape index (κ1) is 14.7. The van der Waals surface area contributed by atoms with Crippen LogP contribution >= 0.6 is 0 Å². The van der Waals surface area contributed by atoms with Gasteiger partial charge in [-0.15, -0.1) is 0 Å². The van der Waals surface area contributed by atoms with Crippen LogP contribution < -0.4 is 4.74 Å². The molecule has 100 valence electrons. The Balaban J connectivity index is 2.59. The first-order valence-corrected chi connectivity index (χ1v) is 6.17. The Morgan fingerprint density at radius 1 is 1.22 bits per heavy atom. The number of carbonyl (C=O) groups is 1. The number of hydrogen-bond acceptors (Lipinski definition) is 3. The van der Waals surface area contributed by atoms with Crippen LogP contribution in [-0.2, 0) is 0 Å². The molecule has 0 bridgehead atoms. The van der Waals surface area contributed by atoms with Gasteiger partial charge in [-0.2, -0.15) is 0 Å². The van der Waals surface area contributed by atoms with Crippen molar-refractivity contribution in [3.63, 3.8) is 0 Å². The molecule has 3 nitrogen and oxygen atoms in total. The van der Waals surface area contributed by atoms with Gasteiger partial charge in [0.2, 0.25) is 0 Å². The van der Waals surface area contributed by atoms with Crippen molar-refractivity contribution in [2.75, 3.05) is 27.2 Å². The summed E-state index contributed by atoms with van der Waals surface area (Å²) >= 11 is 0. The quantitative estimate of drug-likeness (QED) is 0.751. The predicted octanol–water partition coefficient (Wildman–Crippen LogP) is 2.86. The topological polar surface area (TPSA) is 29.5 Å². The molecule has 0 aliphatic rings. The van der Waals surface area contributed by atoms with Gasteiger partial charge in [0.15, 0.2) is 5.78 Å². The third-order valence-corrected chi connectivity index (χ3v) is 2.57. The number of ether oxygens (including phenoxy) is 1. The number of ketones is 1. The molecule has 1 aromatic rings. The summed E-state index contributed by atoms with van der Waals surface area (Å²) in [4.78, 5) is 14.1. The number of methoxy groups -OCH3 is 1. The van der Waals surface area contributed by atoms with Crippen LogP contribution in [0.2, 0.25) is 0 Å². The predicted molar refractivity (Wildman–Crippen MR) is 74.3 cm³/mol. The van der Waals surface area contributed by atoms with Gasteiger partial charge >= 0.3 is 0 Å². The molecule has 3 heteroatoms. The minimum atomic E-state index is 0.143. The number of carbonyl (C=O) groups excluding carboxylic acids is 1. The van der Waals surface area contributed by atoms with Crippen LogP contribution in [0.5, 0.6) is 5.75 Å². The highest BCUT2D eigenvalue weighted by atomic mass is 16.5. The van der Waals surface area contributed by atoms with Crippen molar-refractivity contribution in [1.82, 2.24) is 4.90 Å². The highest BCUT2D eigenvalue weighted by Crippen LogP contribution is 2.15. The minimum Gasteiger partial charge on any atom is -0.497 e. The maximum absolute atomic E-state index is 12.1. The molecule has 0 radical (unpaired) electrons. The Morgan fingerprint density at radius 2 is 1.78 bits per heavy atom. The van der Waals surface area contributed by atoms with Crippen molar-refractivity contribution in [1.29, 1.82) is 0 Å².